The van der Waals surface area contributed by atoms with Gasteiger partial charge < -0.3 is 14.4 Å². The molecular weight excluding hydrogens is 408 g/mol. The average Bonchev–Trinajstić information content (AvgIpc) is 2.79. The van der Waals surface area contributed by atoms with Gasteiger partial charge in [-0.1, -0.05) is 77.6 Å². The van der Waals surface area contributed by atoms with E-state index < -0.39 is 24.1 Å². The van der Waals surface area contributed by atoms with Gasteiger partial charge in [0, 0.05) is 14.1 Å². The minimum Gasteiger partial charge on any atom is -0.464 e. The molecule has 0 fully saturated rings. The molecule has 0 aliphatic heterocycles. The van der Waals surface area contributed by atoms with E-state index in [1.54, 1.807) is 27.8 Å². The fourth-order valence-corrected chi connectivity index (χ4v) is 3.43. The summed E-state index contributed by atoms with van der Waals surface area (Å²) in [7, 11) is 3.05. The average molecular weight is 457 g/mol. The summed E-state index contributed by atoms with van der Waals surface area (Å²) in [6.45, 7) is 7.82. The van der Waals surface area contributed by atoms with Gasteiger partial charge in [-0.25, -0.2) is 9.59 Å². The number of ether oxygens (including phenoxy) is 2. The van der Waals surface area contributed by atoms with E-state index in [0.717, 1.165) is 12.8 Å². The zero-order valence-electron chi connectivity index (χ0n) is 21.5. The molecule has 0 N–H and O–H groups in total. The number of esters is 1. The Labute approximate surface area is 196 Å². The minimum atomic E-state index is -0.731. The Morgan fingerprint density at radius 3 is 1.59 bits per heavy atom. The molecule has 0 rings (SSSR count). The molecule has 0 saturated carbocycles. The van der Waals surface area contributed by atoms with Gasteiger partial charge in [-0.15, -0.1) is 0 Å². The van der Waals surface area contributed by atoms with Crippen LogP contribution in [0, 0.1) is 0 Å². The van der Waals surface area contributed by atoms with Gasteiger partial charge in [0.15, 0.2) is 0 Å². The summed E-state index contributed by atoms with van der Waals surface area (Å²) in [6, 6.07) is -1.44. The SMILES string of the molecule is CCCCCCCCCCCCCCOC(=O)C(C)N(C)C(=O)C(C)N(C)C(=O)OCC. The molecule has 2 atom stereocenters. The molecule has 7 nitrogen and oxygen atoms in total. The van der Waals surface area contributed by atoms with E-state index in [0.29, 0.717) is 6.61 Å². The van der Waals surface area contributed by atoms with Crippen molar-refractivity contribution < 1.29 is 23.9 Å². The first-order valence-corrected chi connectivity index (χ1v) is 12.6. The maximum atomic E-state index is 12.6. The van der Waals surface area contributed by atoms with Crippen LogP contribution in [-0.4, -0.2) is 67.2 Å². The first-order chi connectivity index (χ1) is 15.3. The van der Waals surface area contributed by atoms with Gasteiger partial charge in [-0.05, 0) is 27.2 Å². The van der Waals surface area contributed by atoms with Gasteiger partial charge in [-0.3, -0.25) is 9.69 Å². The van der Waals surface area contributed by atoms with Crippen LogP contribution in [0.25, 0.3) is 0 Å². The molecule has 32 heavy (non-hydrogen) atoms. The number of rotatable bonds is 18. The number of hydrogen-bond acceptors (Lipinski definition) is 5. The lowest BCUT2D eigenvalue weighted by molar-refractivity contribution is -0.154. The van der Waals surface area contributed by atoms with E-state index in [-0.39, 0.29) is 12.5 Å². The van der Waals surface area contributed by atoms with Crippen LogP contribution in [0.2, 0.25) is 0 Å². The monoisotopic (exact) mass is 456 g/mol. The van der Waals surface area contributed by atoms with Crippen molar-refractivity contribution in [3.63, 3.8) is 0 Å². The first kappa shape index (κ1) is 30.2. The molecule has 0 aromatic carbocycles. The number of carbonyl (C=O) groups excluding carboxylic acids is 3. The molecule has 0 heterocycles. The second-order valence-electron chi connectivity index (χ2n) is 8.67. The fraction of sp³-hybridized carbons (Fsp3) is 0.880. The van der Waals surface area contributed by atoms with Crippen molar-refractivity contribution in [2.24, 2.45) is 0 Å². The molecule has 0 aliphatic carbocycles. The van der Waals surface area contributed by atoms with E-state index in [2.05, 4.69) is 6.92 Å². The zero-order chi connectivity index (χ0) is 24.4. The highest BCUT2D eigenvalue weighted by atomic mass is 16.6. The molecule has 0 radical (unpaired) electrons. The Hall–Kier alpha value is -1.79. The Morgan fingerprint density at radius 1 is 0.656 bits per heavy atom. The summed E-state index contributed by atoms with van der Waals surface area (Å²) in [5.41, 5.74) is 0. The van der Waals surface area contributed by atoms with Crippen molar-refractivity contribution in [3.8, 4) is 0 Å². The number of hydrogen-bond donors (Lipinski definition) is 0. The van der Waals surface area contributed by atoms with Crippen molar-refractivity contribution in [2.75, 3.05) is 27.3 Å². The Morgan fingerprint density at radius 2 is 1.12 bits per heavy atom. The van der Waals surface area contributed by atoms with Gasteiger partial charge in [-0.2, -0.15) is 0 Å². The van der Waals surface area contributed by atoms with Crippen LogP contribution in [0.4, 0.5) is 4.79 Å². The smallest absolute Gasteiger partial charge is 0.410 e. The van der Waals surface area contributed by atoms with Crippen LogP contribution in [0.3, 0.4) is 0 Å². The molecular formula is C25H48N2O5. The Balaban J connectivity index is 3.94. The maximum absolute atomic E-state index is 12.6. The van der Waals surface area contributed by atoms with Gasteiger partial charge in [0.1, 0.15) is 12.1 Å². The summed E-state index contributed by atoms with van der Waals surface area (Å²) in [5.74, 6) is -0.759. The van der Waals surface area contributed by atoms with Crippen molar-refractivity contribution in [2.45, 2.75) is 117 Å². The quantitative estimate of drug-likeness (QED) is 0.199. The lowest BCUT2D eigenvalue weighted by Crippen LogP contribution is -2.51. The molecule has 0 spiro atoms. The molecule has 0 bridgehead atoms. The van der Waals surface area contributed by atoms with Crippen LogP contribution in [0.1, 0.15) is 105 Å². The van der Waals surface area contributed by atoms with Crippen molar-refractivity contribution in [1.29, 1.82) is 0 Å². The van der Waals surface area contributed by atoms with E-state index in [9.17, 15) is 14.4 Å². The molecule has 2 amide bonds. The van der Waals surface area contributed by atoms with Crippen molar-refractivity contribution in [3.05, 3.63) is 0 Å². The maximum Gasteiger partial charge on any atom is 0.410 e. The van der Waals surface area contributed by atoms with Gasteiger partial charge in [0.05, 0.1) is 13.2 Å². The lowest BCUT2D eigenvalue weighted by Gasteiger charge is -2.30. The Kier molecular flexibility index (Phi) is 17.7. The van der Waals surface area contributed by atoms with Crippen LogP contribution in [0.5, 0.6) is 0 Å². The highest BCUT2D eigenvalue weighted by Crippen LogP contribution is 2.12. The second-order valence-corrected chi connectivity index (χ2v) is 8.67. The van der Waals surface area contributed by atoms with Crippen LogP contribution in [0.15, 0.2) is 0 Å². The molecule has 7 heteroatoms. The summed E-state index contributed by atoms with van der Waals surface area (Å²) < 4.78 is 10.3. The van der Waals surface area contributed by atoms with Crippen molar-refractivity contribution in [1.82, 2.24) is 9.80 Å². The summed E-state index contributed by atoms with van der Waals surface area (Å²) in [4.78, 5) is 39.3. The molecule has 2 unspecified atom stereocenters. The third kappa shape index (κ3) is 12.9. The second kappa shape index (κ2) is 18.8. The van der Waals surface area contributed by atoms with Gasteiger partial charge in [0.2, 0.25) is 5.91 Å². The molecule has 0 aromatic heterocycles. The third-order valence-corrected chi connectivity index (χ3v) is 6.01. The minimum absolute atomic E-state index is 0.238. The van der Waals surface area contributed by atoms with E-state index in [1.165, 1.54) is 81.1 Å². The number of likely N-dealkylation sites (N-methyl/N-ethyl adjacent to an activating group) is 2. The number of unbranched alkanes of at least 4 members (excludes halogenated alkanes) is 11. The molecule has 188 valence electrons. The molecule has 0 aromatic rings. The largest absolute Gasteiger partial charge is 0.464 e. The first-order valence-electron chi connectivity index (χ1n) is 12.6. The summed E-state index contributed by atoms with van der Waals surface area (Å²) in [6.07, 6.45) is 14.5. The molecule has 0 saturated heterocycles. The summed E-state index contributed by atoms with van der Waals surface area (Å²) in [5, 5.41) is 0. The van der Waals surface area contributed by atoms with Crippen LogP contribution in [-0.2, 0) is 19.1 Å². The van der Waals surface area contributed by atoms with E-state index in [1.807, 2.05) is 0 Å². The standard InChI is InChI=1S/C25H48N2O5/c1-7-9-10-11-12-13-14-15-16-17-18-19-20-32-24(29)22(4)26(5)23(28)21(3)27(6)25(30)31-8-2/h21-22H,7-20H2,1-6H3. The Bertz CT molecular complexity index is 526. The highest BCUT2D eigenvalue weighted by Gasteiger charge is 2.31. The zero-order valence-corrected chi connectivity index (χ0v) is 21.5. The normalized spacial score (nSPS) is 12.7. The fourth-order valence-electron chi connectivity index (χ4n) is 3.43. The van der Waals surface area contributed by atoms with Crippen molar-refractivity contribution >= 4 is 18.0 Å². The summed E-state index contributed by atoms with van der Waals surface area (Å²) >= 11 is 0. The van der Waals surface area contributed by atoms with Gasteiger partial charge in [0.25, 0.3) is 0 Å². The molecule has 0 aliphatic rings. The predicted molar refractivity (Wildman–Crippen MR) is 129 cm³/mol. The third-order valence-electron chi connectivity index (χ3n) is 6.01. The van der Waals surface area contributed by atoms with Crippen LogP contribution < -0.4 is 0 Å². The topological polar surface area (TPSA) is 76.2 Å². The number of carbonyl (C=O) groups is 3. The number of amides is 2. The highest BCUT2D eigenvalue weighted by molar-refractivity contribution is 5.89. The van der Waals surface area contributed by atoms with E-state index in [4.69, 9.17) is 9.47 Å². The van der Waals surface area contributed by atoms with Gasteiger partial charge >= 0.3 is 12.1 Å². The number of nitrogens with zero attached hydrogens (tertiary/aromatic N) is 2. The van der Waals surface area contributed by atoms with Crippen LogP contribution >= 0.6 is 0 Å². The lowest BCUT2D eigenvalue weighted by atomic mass is 10.1. The predicted octanol–water partition coefficient (Wildman–Crippen LogP) is 5.55. The van der Waals surface area contributed by atoms with E-state index >= 15 is 0 Å².